The second kappa shape index (κ2) is 8.56. The van der Waals surface area contributed by atoms with E-state index in [4.69, 9.17) is 0 Å². The molecule has 10 heteroatoms. The summed E-state index contributed by atoms with van der Waals surface area (Å²) in [5.74, 6) is -0.328. The fraction of sp³-hybridized carbons (Fsp3) is 0.333. The fourth-order valence-electron chi connectivity index (χ4n) is 3.72. The summed E-state index contributed by atoms with van der Waals surface area (Å²) >= 11 is 0. The molecule has 162 valence electrons. The third kappa shape index (κ3) is 4.49. The maximum Gasteiger partial charge on any atom is 0.243 e. The molecule has 4 rings (SSSR count). The number of rotatable bonds is 5. The smallest absolute Gasteiger partial charge is 0.243 e. The van der Waals surface area contributed by atoms with Crippen molar-refractivity contribution in [3.63, 3.8) is 0 Å². The molecule has 9 nitrogen and oxygen atoms in total. The van der Waals surface area contributed by atoms with Gasteiger partial charge in [0.2, 0.25) is 15.9 Å². The average Bonchev–Trinajstić information content (AvgIpc) is 3.29. The number of nitrogens with one attached hydrogen (secondary N) is 1. The molecule has 0 bridgehead atoms. The van der Waals surface area contributed by atoms with E-state index < -0.39 is 10.0 Å². The summed E-state index contributed by atoms with van der Waals surface area (Å²) in [5, 5.41) is 14.1. The quantitative estimate of drug-likeness (QED) is 0.652. The van der Waals surface area contributed by atoms with Crippen molar-refractivity contribution in [2.75, 3.05) is 18.4 Å². The molecule has 2 heterocycles. The monoisotopic (exact) mass is 440 g/mol. The Kier molecular flexibility index (Phi) is 5.84. The van der Waals surface area contributed by atoms with Crippen LogP contribution >= 0.6 is 0 Å². The number of hydrogen-bond acceptors (Lipinski definition) is 6. The number of hydrogen-bond donors (Lipinski definition) is 1. The minimum Gasteiger partial charge on any atom is -0.326 e. The Bertz CT molecular complexity index is 1170. The summed E-state index contributed by atoms with van der Waals surface area (Å²) < 4.78 is 28.7. The molecular weight excluding hydrogens is 416 g/mol. The van der Waals surface area contributed by atoms with E-state index in [1.165, 1.54) is 10.6 Å². The summed E-state index contributed by atoms with van der Waals surface area (Å²) in [4.78, 5) is 13.0. The van der Waals surface area contributed by atoms with E-state index >= 15 is 0 Å². The molecule has 3 aromatic rings. The summed E-state index contributed by atoms with van der Waals surface area (Å²) in [6.07, 6.45) is 2.48. The molecule has 1 N–H and O–H groups in total. The highest BCUT2D eigenvalue weighted by atomic mass is 32.2. The molecule has 0 aliphatic carbocycles. The largest absolute Gasteiger partial charge is 0.326 e. The maximum atomic E-state index is 12.8. The fourth-order valence-corrected chi connectivity index (χ4v) is 5.19. The number of aryl methyl sites for hydroxylation is 2. The van der Waals surface area contributed by atoms with E-state index in [9.17, 15) is 13.2 Å². The first-order chi connectivity index (χ1) is 14.8. The van der Waals surface area contributed by atoms with Gasteiger partial charge in [0.05, 0.1) is 10.6 Å². The van der Waals surface area contributed by atoms with Gasteiger partial charge in [0.25, 0.3) is 0 Å². The molecule has 0 atom stereocenters. The Morgan fingerprint density at radius 2 is 1.77 bits per heavy atom. The number of carbonyl (C=O) groups excluding carboxylic acids is 1. The summed E-state index contributed by atoms with van der Waals surface area (Å²) in [6, 6.07) is 12.4. The van der Waals surface area contributed by atoms with Gasteiger partial charge in [-0.05, 0) is 73.0 Å². The van der Waals surface area contributed by atoms with Crippen LogP contribution in [-0.2, 0) is 14.8 Å². The lowest BCUT2D eigenvalue weighted by Gasteiger charge is -2.30. The zero-order valence-corrected chi connectivity index (χ0v) is 18.2. The SMILES string of the molecule is Cc1ccc(S(=O)(=O)N2CCC(C(=O)Nc3ccc(-n4cnnn4)c(C)c3)CC2)cc1. The number of anilines is 1. The first-order valence-corrected chi connectivity index (χ1v) is 11.5. The molecule has 0 spiro atoms. The maximum absolute atomic E-state index is 12.8. The molecule has 1 fully saturated rings. The normalized spacial score (nSPS) is 15.7. The number of sulfonamides is 1. The van der Waals surface area contributed by atoms with Crippen LogP contribution in [0.5, 0.6) is 0 Å². The van der Waals surface area contributed by atoms with E-state index in [0.29, 0.717) is 36.5 Å². The molecule has 0 radical (unpaired) electrons. The van der Waals surface area contributed by atoms with Gasteiger partial charge < -0.3 is 5.32 Å². The van der Waals surface area contributed by atoms with Crippen molar-refractivity contribution in [3.05, 3.63) is 59.9 Å². The Labute approximate surface area is 181 Å². The lowest BCUT2D eigenvalue weighted by atomic mass is 9.97. The minimum absolute atomic E-state index is 0.0954. The first-order valence-electron chi connectivity index (χ1n) is 10.1. The van der Waals surface area contributed by atoms with E-state index in [2.05, 4.69) is 20.8 Å². The van der Waals surface area contributed by atoms with Crippen molar-refractivity contribution in [3.8, 4) is 5.69 Å². The molecular formula is C21H24N6O3S. The van der Waals surface area contributed by atoms with Crippen LogP contribution in [0.3, 0.4) is 0 Å². The average molecular weight is 441 g/mol. The predicted molar refractivity (Wildman–Crippen MR) is 115 cm³/mol. The van der Waals surface area contributed by atoms with Gasteiger partial charge in [-0.2, -0.15) is 4.31 Å². The van der Waals surface area contributed by atoms with Crippen LogP contribution in [0.15, 0.2) is 53.7 Å². The molecule has 0 saturated carbocycles. The molecule has 1 aliphatic rings. The number of amides is 1. The first kappa shape index (κ1) is 21.1. The number of piperidine rings is 1. The Balaban J connectivity index is 1.37. The lowest BCUT2D eigenvalue weighted by Crippen LogP contribution is -2.41. The highest BCUT2D eigenvalue weighted by molar-refractivity contribution is 7.89. The van der Waals surface area contributed by atoms with Gasteiger partial charge >= 0.3 is 0 Å². The number of aromatic nitrogens is 4. The Morgan fingerprint density at radius 1 is 1.06 bits per heavy atom. The third-order valence-electron chi connectivity index (χ3n) is 5.54. The lowest BCUT2D eigenvalue weighted by molar-refractivity contribution is -0.120. The van der Waals surface area contributed by atoms with Gasteiger partial charge in [-0.15, -0.1) is 5.10 Å². The second-order valence-corrected chi connectivity index (χ2v) is 9.67. The molecule has 1 aliphatic heterocycles. The van der Waals surface area contributed by atoms with Gasteiger partial charge in [-0.3, -0.25) is 4.79 Å². The van der Waals surface area contributed by atoms with Crippen molar-refractivity contribution >= 4 is 21.6 Å². The molecule has 1 saturated heterocycles. The van der Waals surface area contributed by atoms with Crippen LogP contribution in [0.4, 0.5) is 5.69 Å². The number of benzene rings is 2. The van der Waals surface area contributed by atoms with Crippen molar-refractivity contribution in [2.45, 2.75) is 31.6 Å². The minimum atomic E-state index is -3.54. The molecule has 0 unspecified atom stereocenters. The highest BCUT2D eigenvalue weighted by Crippen LogP contribution is 2.26. The Hall–Kier alpha value is -3.11. The zero-order valence-electron chi connectivity index (χ0n) is 17.4. The number of carbonyl (C=O) groups is 1. The standard InChI is InChI=1S/C21H24N6O3S/c1-15-3-6-19(7-4-15)31(29,30)26-11-9-17(10-12-26)21(28)23-18-5-8-20(16(2)13-18)27-14-22-24-25-27/h3-8,13-14,17H,9-12H2,1-2H3,(H,23,28). The summed E-state index contributed by atoms with van der Waals surface area (Å²) in [7, 11) is -3.54. The van der Waals surface area contributed by atoms with Gasteiger partial charge in [0, 0.05) is 24.7 Å². The molecule has 31 heavy (non-hydrogen) atoms. The van der Waals surface area contributed by atoms with E-state index in [1.807, 2.05) is 26.0 Å². The molecule has 2 aromatic carbocycles. The van der Waals surface area contributed by atoms with Crippen LogP contribution in [0, 0.1) is 19.8 Å². The van der Waals surface area contributed by atoms with E-state index in [0.717, 1.165) is 16.8 Å². The number of tetrazole rings is 1. The summed E-state index contributed by atoms with van der Waals surface area (Å²) in [6.45, 7) is 4.49. The molecule has 1 amide bonds. The summed E-state index contributed by atoms with van der Waals surface area (Å²) in [5.41, 5.74) is 3.45. The van der Waals surface area contributed by atoms with Gasteiger partial charge in [-0.1, -0.05) is 17.7 Å². The second-order valence-electron chi connectivity index (χ2n) is 7.74. The van der Waals surface area contributed by atoms with Crippen LogP contribution in [0.1, 0.15) is 24.0 Å². The van der Waals surface area contributed by atoms with Gasteiger partial charge in [0.15, 0.2) is 0 Å². The van der Waals surface area contributed by atoms with Crippen molar-refractivity contribution < 1.29 is 13.2 Å². The van der Waals surface area contributed by atoms with Gasteiger partial charge in [-0.25, -0.2) is 13.1 Å². The van der Waals surface area contributed by atoms with Crippen molar-refractivity contribution in [1.82, 2.24) is 24.5 Å². The zero-order chi connectivity index (χ0) is 22.0. The van der Waals surface area contributed by atoms with Gasteiger partial charge in [0.1, 0.15) is 6.33 Å². The third-order valence-corrected chi connectivity index (χ3v) is 7.46. The van der Waals surface area contributed by atoms with E-state index in [1.54, 1.807) is 35.0 Å². The van der Waals surface area contributed by atoms with Crippen LogP contribution in [0.25, 0.3) is 5.69 Å². The van der Waals surface area contributed by atoms with Crippen molar-refractivity contribution in [2.24, 2.45) is 5.92 Å². The number of nitrogens with zero attached hydrogens (tertiary/aromatic N) is 5. The highest BCUT2D eigenvalue weighted by Gasteiger charge is 2.32. The predicted octanol–water partition coefficient (Wildman–Crippen LogP) is 2.32. The Morgan fingerprint density at radius 3 is 2.39 bits per heavy atom. The van der Waals surface area contributed by atoms with Crippen LogP contribution in [-0.4, -0.2) is 51.9 Å². The topological polar surface area (TPSA) is 110 Å². The van der Waals surface area contributed by atoms with E-state index in [-0.39, 0.29) is 11.8 Å². The molecule has 1 aromatic heterocycles. The van der Waals surface area contributed by atoms with Crippen LogP contribution < -0.4 is 5.32 Å². The van der Waals surface area contributed by atoms with Crippen LogP contribution in [0.2, 0.25) is 0 Å². The van der Waals surface area contributed by atoms with Crippen molar-refractivity contribution in [1.29, 1.82) is 0 Å².